The van der Waals surface area contributed by atoms with Crippen LogP contribution < -0.4 is 10.9 Å². The van der Waals surface area contributed by atoms with Crippen LogP contribution in [0.4, 0.5) is 5.13 Å². The van der Waals surface area contributed by atoms with Gasteiger partial charge in [0.25, 0.3) is 11.5 Å². The van der Waals surface area contributed by atoms with Crippen LogP contribution in [-0.4, -0.2) is 20.6 Å². The van der Waals surface area contributed by atoms with Crippen molar-refractivity contribution in [3.05, 3.63) is 51.3 Å². The summed E-state index contributed by atoms with van der Waals surface area (Å²) in [6.45, 7) is 4.29. The summed E-state index contributed by atoms with van der Waals surface area (Å²) < 4.78 is 1.52. The van der Waals surface area contributed by atoms with Gasteiger partial charge < -0.3 is 9.67 Å². The van der Waals surface area contributed by atoms with Crippen molar-refractivity contribution < 1.29 is 9.90 Å². The number of nitrogens with zero attached hydrogens (tertiary/aromatic N) is 2. The van der Waals surface area contributed by atoms with E-state index in [9.17, 15) is 14.7 Å². The van der Waals surface area contributed by atoms with E-state index < -0.39 is 11.5 Å². The summed E-state index contributed by atoms with van der Waals surface area (Å²) >= 11 is 1.31. The van der Waals surface area contributed by atoms with Crippen LogP contribution in [-0.2, 0) is 6.54 Å². The lowest BCUT2D eigenvalue weighted by atomic mass is 10.1. The zero-order chi connectivity index (χ0) is 17.3. The van der Waals surface area contributed by atoms with Gasteiger partial charge in [0.1, 0.15) is 11.3 Å². The number of thiazole rings is 1. The molecule has 7 heteroatoms. The Balaban J connectivity index is 2.16. The number of aromatic nitrogens is 2. The summed E-state index contributed by atoms with van der Waals surface area (Å²) in [6, 6.07) is 7.01. The highest BCUT2D eigenvalue weighted by atomic mass is 32.1. The summed E-state index contributed by atoms with van der Waals surface area (Å²) in [4.78, 5) is 30.3. The molecule has 2 aromatic heterocycles. The highest BCUT2D eigenvalue weighted by molar-refractivity contribution is 7.15. The predicted octanol–water partition coefficient (Wildman–Crippen LogP) is 3.13. The van der Waals surface area contributed by atoms with Gasteiger partial charge in [-0.1, -0.05) is 19.1 Å². The number of carbonyl (C=O) groups excluding carboxylic acids is 1. The Hall–Kier alpha value is -2.67. The molecular formula is C17H17N3O3S. The molecule has 0 aliphatic carbocycles. The molecule has 0 unspecified atom stereocenters. The number of hydrogen-bond acceptors (Lipinski definition) is 5. The third-order valence-corrected chi connectivity index (χ3v) is 4.49. The van der Waals surface area contributed by atoms with E-state index in [0.29, 0.717) is 22.6 Å². The summed E-state index contributed by atoms with van der Waals surface area (Å²) in [5.41, 5.74) is -0.141. The van der Waals surface area contributed by atoms with Crippen LogP contribution in [0, 0.1) is 6.92 Å². The summed E-state index contributed by atoms with van der Waals surface area (Å²) in [6.07, 6.45) is 2.37. The van der Waals surface area contributed by atoms with E-state index in [4.69, 9.17) is 0 Å². The molecule has 3 aromatic rings. The van der Waals surface area contributed by atoms with Crippen LogP contribution in [0.5, 0.6) is 5.75 Å². The molecule has 0 radical (unpaired) electrons. The number of aryl methyl sites for hydroxylation is 2. The van der Waals surface area contributed by atoms with Crippen molar-refractivity contribution >= 4 is 33.3 Å². The van der Waals surface area contributed by atoms with Crippen LogP contribution in [0.2, 0.25) is 0 Å². The third-order valence-electron chi connectivity index (χ3n) is 3.66. The lowest BCUT2D eigenvalue weighted by molar-refractivity contribution is 0.102. The number of aromatic hydroxyl groups is 1. The zero-order valence-electron chi connectivity index (χ0n) is 13.4. The Kier molecular flexibility index (Phi) is 4.35. The predicted molar refractivity (Wildman–Crippen MR) is 95.0 cm³/mol. The van der Waals surface area contributed by atoms with E-state index in [2.05, 4.69) is 10.3 Å². The number of amides is 1. The van der Waals surface area contributed by atoms with Gasteiger partial charge in [0.05, 0.1) is 5.52 Å². The molecule has 0 atom stereocenters. The van der Waals surface area contributed by atoms with Crippen LogP contribution in [0.3, 0.4) is 0 Å². The molecule has 24 heavy (non-hydrogen) atoms. The molecule has 1 amide bonds. The van der Waals surface area contributed by atoms with E-state index >= 15 is 0 Å². The van der Waals surface area contributed by atoms with Crippen LogP contribution in [0.15, 0.2) is 35.3 Å². The molecule has 0 aliphatic heterocycles. The number of para-hydroxylation sites is 1. The first kappa shape index (κ1) is 16.2. The summed E-state index contributed by atoms with van der Waals surface area (Å²) in [7, 11) is 0. The van der Waals surface area contributed by atoms with Crippen molar-refractivity contribution in [2.24, 2.45) is 0 Å². The van der Waals surface area contributed by atoms with Gasteiger partial charge in [0, 0.05) is 23.0 Å². The number of rotatable bonds is 4. The topological polar surface area (TPSA) is 84.2 Å². The van der Waals surface area contributed by atoms with E-state index in [1.165, 1.54) is 15.9 Å². The minimum atomic E-state index is -0.651. The van der Waals surface area contributed by atoms with E-state index in [0.717, 1.165) is 11.3 Å². The van der Waals surface area contributed by atoms with Crippen molar-refractivity contribution in [3.8, 4) is 5.75 Å². The molecule has 0 fully saturated rings. The van der Waals surface area contributed by atoms with E-state index in [1.54, 1.807) is 30.5 Å². The van der Waals surface area contributed by atoms with Crippen LogP contribution in [0.25, 0.3) is 10.9 Å². The standard InChI is InChI=1S/C17H17N3O3S/c1-3-8-20-12-7-5-4-6-11(12)14(21)13(16(20)23)15(22)19-17-18-9-10(2)24-17/h4-7,9,21H,3,8H2,1-2H3,(H,18,19,22). The second-order valence-electron chi connectivity index (χ2n) is 5.43. The number of nitrogens with one attached hydrogen (secondary N) is 1. The Labute approximate surface area is 142 Å². The molecule has 0 spiro atoms. The maximum Gasteiger partial charge on any atom is 0.267 e. The van der Waals surface area contributed by atoms with Gasteiger partial charge in [-0.15, -0.1) is 11.3 Å². The van der Waals surface area contributed by atoms with Gasteiger partial charge in [-0.25, -0.2) is 4.98 Å². The van der Waals surface area contributed by atoms with Crippen molar-refractivity contribution in [3.63, 3.8) is 0 Å². The average molecular weight is 343 g/mol. The summed E-state index contributed by atoms with van der Waals surface area (Å²) in [5, 5.41) is 13.9. The van der Waals surface area contributed by atoms with Crippen molar-refractivity contribution in [1.29, 1.82) is 0 Å². The first-order chi connectivity index (χ1) is 11.5. The quantitative estimate of drug-likeness (QED) is 0.762. The number of carbonyl (C=O) groups is 1. The third kappa shape index (κ3) is 2.78. The van der Waals surface area contributed by atoms with Gasteiger partial charge in [-0.2, -0.15) is 0 Å². The monoisotopic (exact) mass is 343 g/mol. The minimum Gasteiger partial charge on any atom is -0.506 e. The smallest absolute Gasteiger partial charge is 0.267 e. The normalized spacial score (nSPS) is 10.9. The minimum absolute atomic E-state index is 0.255. The van der Waals surface area contributed by atoms with Gasteiger partial charge in [-0.3, -0.25) is 14.9 Å². The second kappa shape index (κ2) is 6.45. The first-order valence-corrected chi connectivity index (χ1v) is 8.42. The van der Waals surface area contributed by atoms with Gasteiger partial charge >= 0.3 is 0 Å². The van der Waals surface area contributed by atoms with Gasteiger partial charge in [0.15, 0.2) is 5.13 Å². The second-order valence-corrected chi connectivity index (χ2v) is 6.66. The van der Waals surface area contributed by atoms with Gasteiger partial charge in [-0.05, 0) is 25.5 Å². The molecular weight excluding hydrogens is 326 g/mol. The van der Waals surface area contributed by atoms with E-state index in [-0.39, 0.29) is 11.3 Å². The molecule has 2 heterocycles. The molecule has 6 nitrogen and oxygen atoms in total. The number of pyridine rings is 1. The Morgan fingerprint density at radius 1 is 1.38 bits per heavy atom. The molecule has 0 bridgehead atoms. The number of hydrogen-bond donors (Lipinski definition) is 2. The first-order valence-electron chi connectivity index (χ1n) is 7.61. The Morgan fingerprint density at radius 3 is 2.79 bits per heavy atom. The molecule has 1 aromatic carbocycles. The molecule has 0 aliphatic rings. The van der Waals surface area contributed by atoms with E-state index in [1.807, 2.05) is 13.8 Å². The van der Waals surface area contributed by atoms with Crippen molar-refractivity contribution in [1.82, 2.24) is 9.55 Å². The fourth-order valence-corrected chi connectivity index (χ4v) is 3.27. The number of benzene rings is 1. The summed E-state index contributed by atoms with van der Waals surface area (Å²) in [5.74, 6) is -0.948. The molecule has 0 saturated carbocycles. The molecule has 0 saturated heterocycles. The van der Waals surface area contributed by atoms with Crippen LogP contribution >= 0.6 is 11.3 Å². The fourth-order valence-electron chi connectivity index (χ4n) is 2.61. The molecule has 3 rings (SSSR count). The lowest BCUT2D eigenvalue weighted by Crippen LogP contribution is -2.29. The molecule has 2 N–H and O–H groups in total. The lowest BCUT2D eigenvalue weighted by Gasteiger charge is -2.13. The zero-order valence-corrected chi connectivity index (χ0v) is 14.2. The highest BCUT2D eigenvalue weighted by Gasteiger charge is 2.22. The fraction of sp³-hybridized carbons (Fsp3) is 0.235. The largest absolute Gasteiger partial charge is 0.506 e. The average Bonchev–Trinajstić information content (AvgIpc) is 2.96. The van der Waals surface area contributed by atoms with Crippen molar-refractivity contribution in [2.75, 3.05) is 5.32 Å². The molecule has 124 valence electrons. The number of anilines is 1. The Morgan fingerprint density at radius 2 is 2.12 bits per heavy atom. The van der Waals surface area contributed by atoms with Crippen molar-refractivity contribution in [2.45, 2.75) is 26.8 Å². The number of fused-ring (bicyclic) bond motifs is 1. The highest BCUT2D eigenvalue weighted by Crippen LogP contribution is 2.27. The maximum absolute atomic E-state index is 12.8. The van der Waals surface area contributed by atoms with Gasteiger partial charge in [0.2, 0.25) is 0 Å². The Bertz CT molecular complexity index is 975. The van der Waals surface area contributed by atoms with Crippen LogP contribution in [0.1, 0.15) is 28.6 Å². The maximum atomic E-state index is 12.8. The SMILES string of the molecule is CCCn1c(=O)c(C(=O)Nc2ncc(C)s2)c(O)c2ccccc21.